The Morgan fingerprint density at radius 3 is 2.35 bits per heavy atom. The Kier molecular flexibility index (Phi) is 7.42. The molecule has 0 aliphatic heterocycles. The van der Waals surface area contributed by atoms with E-state index in [4.69, 9.17) is 0 Å². The molecule has 4 rings (SSSR count). The predicted molar refractivity (Wildman–Crippen MR) is 132 cm³/mol. The van der Waals surface area contributed by atoms with Gasteiger partial charge in [-0.2, -0.15) is 13.2 Å². The summed E-state index contributed by atoms with van der Waals surface area (Å²) in [5.74, 6) is -0.629. The van der Waals surface area contributed by atoms with Crippen molar-refractivity contribution in [1.29, 1.82) is 0 Å². The molecular formula is C26H21F3N6O2. The van der Waals surface area contributed by atoms with Crippen molar-refractivity contribution in [2.24, 2.45) is 0 Å². The van der Waals surface area contributed by atoms with E-state index in [0.717, 1.165) is 12.1 Å². The van der Waals surface area contributed by atoms with Crippen molar-refractivity contribution < 1.29 is 22.8 Å². The van der Waals surface area contributed by atoms with Gasteiger partial charge in [0.25, 0.3) is 5.91 Å². The molecule has 11 heteroatoms. The second kappa shape index (κ2) is 10.9. The van der Waals surface area contributed by atoms with E-state index in [1.807, 2.05) is 0 Å². The first-order chi connectivity index (χ1) is 17.7. The number of alkyl halides is 3. The third kappa shape index (κ3) is 6.88. The minimum Gasteiger partial charge on any atom is -0.326 e. The highest BCUT2D eigenvalue weighted by atomic mass is 19.4. The fraction of sp³-hybridized carbons (Fsp3) is 0.115. The minimum absolute atomic E-state index is 0.221. The lowest BCUT2D eigenvalue weighted by Gasteiger charge is -2.12. The Labute approximate surface area is 210 Å². The third-order valence-corrected chi connectivity index (χ3v) is 5.21. The zero-order valence-electron chi connectivity index (χ0n) is 19.5. The van der Waals surface area contributed by atoms with E-state index in [1.54, 1.807) is 43.6 Å². The highest BCUT2D eigenvalue weighted by molar-refractivity contribution is 6.06. The molecule has 0 aliphatic carbocycles. The summed E-state index contributed by atoms with van der Waals surface area (Å²) in [5, 5.41) is 8.32. The molecule has 0 bridgehead atoms. The molecule has 2 aromatic heterocycles. The number of carbonyl (C=O) groups excluding carboxylic acids is 2. The lowest BCUT2D eigenvalue weighted by molar-refractivity contribution is -0.137. The van der Waals surface area contributed by atoms with Gasteiger partial charge in [0.05, 0.1) is 41.9 Å². The van der Waals surface area contributed by atoms with E-state index >= 15 is 0 Å². The predicted octanol–water partition coefficient (Wildman–Crippen LogP) is 5.38. The summed E-state index contributed by atoms with van der Waals surface area (Å²) in [5.41, 5.74) is 1.76. The molecule has 2 heterocycles. The first-order valence-corrected chi connectivity index (χ1v) is 11.0. The van der Waals surface area contributed by atoms with Gasteiger partial charge in [-0.05, 0) is 48.4 Å². The van der Waals surface area contributed by atoms with E-state index in [2.05, 4.69) is 30.9 Å². The molecule has 0 saturated carbocycles. The second-order valence-electron chi connectivity index (χ2n) is 8.07. The van der Waals surface area contributed by atoms with E-state index in [9.17, 15) is 22.8 Å². The van der Waals surface area contributed by atoms with Crippen LogP contribution in [0.1, 0.15) is 27.0 Å². The van der Waals surface area contributed by atoms with E-state index in [0.29, 0.717) is 34.1 Å². The molecule has 0 saturated heterocycles. The molecule has 4 aromatic rings. The summed E-state index contributed by atoms with van der Waals surface area (Å²) in [4.78, 5) is 37.6. The number of hydrogen-bond donors (Lipinski definition) is 3. The van der Waals surface area contributed by atoms with Crippen LogP contribution in [0.4, 0.5) is 36.2 Å². The van der Waals surface area contributed by atoms with Crippen molar-refractivity contribution in [3.05, 3.63) is 102 Å². The van der Waals surface area contributed by atoms with Gasteiger partial charge in [0.2, 0.25) is 11.9 Å². The molecule has 3 N–H and O–H groups in total. The molecule has 0 aliphatic rings. The number of nitrogens with one attached hydrogen (secondary N) is 3. The Morgan fingerprint density at radius 2 is 1.65 bits per heavy atom. The van der Waals surface area contributed by atoms with Crippen LogP contribution in [-0.2, 0) is 17.4 Å². The summed E-state index contributed by atoms with van der Waals surface area (Å²) < 4.78 is 38.8. The van der Waals surface area contributed by atoms with Crippen LogP contribution in [0.3, 0.4) is 0 Å². The van der Waals surface area contributed by atoms with Crippen LogP contribution in [-0.4, -0.2) is 26.8 Å². The molecule has 0 spiro atoms. The summed E-state index contributed by atoms with van der Waals surface area (Å²) in [6.45, 7) is 1.74. The highest BCUT2D eigenvalue weighted by Crippen LogP contribution is 2.29. The van der Waals surface area contributed by atoms with Gasteiger partial charge >= 0.3 is 6.18 Å². The quantitative estimate of drug-likeness (QED) is 0.311. The third-order valence-electron chi connectivity index (χ3n) is 5.21. The molecule has 188 valence electrons. The molecule has 2 amide bonds. The number of carbonyl (C=O) groups is 2. The van der Waals surface area contributed by atoms with Gasteiger partial charge in [-0.15, -0.1) is 0 Å². The number of amides is 2. The number of benzene rings is 2. The fourth-order valence-corrected chi connectivity index (χ4v) is 3.41. The number of pyridine rings is 1. The molecule has 0 fully saturated rings. The molecule has 8 nitrogen and oxygen atoms in total. The monoisotopic (exact) mass is 506 g/mol. The van der Waals surface area contributed by atoms with Crippen LogP contribution < -0.4 is 16.0 Å². The van der Waals surface area contributed by atoms with Gasteiger partial charge in [0.1, 0.15) is 0 Å². The van der Waals surface area contributed by atoms with Crippen LogP contribution >= 0.6 is 0 Å². The fourth-order valence-electron chi connectivity index (χ4n) is 3.41. The van der Waals surface area contributed by atoms with Crippen LogP contribution in [0.5, 0.6) is 0 Å². The van der Waals surface area contributed by atoms with E-state index in [-0.39, 0.29) is 12.0 Å². The van der Waals surface area contributed by atoms with Crippen molar-refractivity contribution in [3.63, 3.8) is 0 Å². The number of anilines is 4. The van der Waals surface area contributed by atoms with E-state index < -0.39 is 23.6 Å². The lowest BCUT2D eigenvalue weighted by atomic mass is 10.1. The SMILES string of the molecule is Cc1ccc(NC(=O)Cc2cccc(C(F)(F)F)c2)cc1C(=O)Nc1cnc(Nc2cccnc2)nc1. The first kappa shape index (κ1) is 25.3. The van der Waals surface area contributed by atoms with Crippen molar-refractivity contribution in [1.82, 2.24) is 15.0 Å². The highest BCUT2D eigenvalue weighted by Gasteiger charge is 2.30. The zero-order chi connectivity index (χ0) is 26.4. The summed E-state index contributed by atoms with van der Waals surface area (Å²) >= 11 is 0. The molecule has 0 atom stereocenters. The number of rotatable bonds is 7. The summed E-state index contributed by atoms with van der Waals surface area (Å²) in [6, 6.07) is 12.9. The average Bonchev–Trinajstić information content (AvgIpc) is 2.86. The van der Waals surface area contributed by atoms with Crippen molar-refractivity contribution in [3.8, 4) is 0 Å². The Balaban J connectivity index is 1.39. The lowest BCUT2D eigenvalue weighted by Crippen LogP contribution is -2.17. The number of aryl methyl sites for hydroxylation is 1. The van der Waals surface area contributed by atoms with Crippen LogP contribution in [0.25, 0.3) is 0 Å². The van der Waals surface area contributed by atoms with Crippen LogP contribution in [0.15, 0.2) is 79.4 Å². The smallest absolute Gasteiger partial charge is 0.326 e. The standard InChI is InChI=1S/C26H21F3N6O2/c1-16-7-8-19(33-23(36)11-17-4-2-5-18(10-17)26(27,28)29)12-22(16)24(37)34-21-14-31-25(32-15-21)35-20-6-3-9-30-13-20/h2-10,12-15H,11H2,1H3,(H,33,36)(H,34,37)(H,31,32,35). The Bertz CT molecular complexity index is 1410. The van der Waals surface area contributed by atoms with Gasteiger partial charge in [-0.25, -0.2) is 9.97 Å². The van der Waals surface area contributed by atoms with Gasteiger partial charge in [0.15, 0.2) is 0 Å². The Morgan fingerprint density at radius 1 is 0.865 bits per heavy atom. The maximum atomic E-state index is 12.9. The molecule has 0 radical (unpaired) electrons. The van der Waals surface area contributed by atoms with Crippen molar-refractivity contribution in [2.45, 2.75) is 19.5 Å². The minimum atomic E-state index is -4.49. The number of nitrogens with zero attached hydrogens (tertiary/aromatic N) is 3. The number of aromatic nitrogens is 3. The normalized spacial score (nSPS) is 11.0. The first-order valence-electron chi connectivity index (χ1n) is 11.0. The van der Waals surface area contributed by atoms with Crippen LogP contribution in [0.2, 0.25) is 0 Å². The maximum Gasteiger partial charge on any atom is 0.416 e. The maximum absolute atomic E-state index is 12.9. The second-order valence-corrected chi connectivity index (χ2v) is 8.07. The molecule has 37 heavy (non-hydrogen) atoms. The molecule has 0 unspecified atom stereocenters. The zero-order valence-corrected chi connectivity index (χ0v) is 19.5. The van der Waals surface area contributed by atoms with Crippen LogP contribution in [0, 0.1) is 6.92 Å². The topological polar surface area (TPSA) is 109 Å². The van der Waals surface area contributed by atoms with Gasteiger partial charge < -0.3 is 16.0 Å². The van der Waals surface area contributed by atoms with Gasteiger partial charge in [0, 0.05) is 17.4 Å². The van der Waals surface area contributed by atoms with Crippen molar-refractivity contribution >= 4 is 34.8 Å². The largest absolute Gasteiger partial charge is 0.416 e. The van der Waals surface area contributed by atoms with Gasteiger partial charge in [-0.1, -0.05) is 24.3 Å². The molecular weight excluding hydrogens is 485 g/mol. The number of halogens is 3. The Hall–Kier alpha value is -4.80. The molecule has 2 aromatic carbocycles. The summed E-state index contributed by atoms with van der Waals surface area (Å²) in [6.07, 6.45) is 1.40. The van der Waals surface area contributed by atoms with Gasteiger partial charge in [-0.3, -0.25) is 14.6 Å². The summed E-state index contributed by atoms with van der Waals surface area (Å²) in [7, 11) is 0. The number of hydrogen-bond acceptors (Lipinski definition) is 6. The average molecular weight is 506 g/mol. The van der Waals surface area contributed by atoms with E-state index in [1.165, 1.54) is 30.6 Å². The van der Waals surface area contributed by atoms with Crippen molar-refractivity contribution in [2.75, 3.05) is 16.0 Å².